The van der Waals surface area contributed by atoms with Crippen LogP contribution in [0.5, 0.6) is 0 Å². The van der Waals surface area contributed by atoms with Gasteiger partial charge in [0.1, 0.15) is 11.6 Å². The van der Waals surface area contributed by atoms with E-state index in [0.717, 1.165) is 35.5 Å². The monoisotopic (exact) mass is 481 g/mol. The molecule has 0 amide bonds. The number of benzene rings is 2. The van der Waals surface area contributed by atoms with Gasteiger partial charge in [-0.3, -0.25) is 4.79 Å². The highest BCUT2D eigenvalue weighted by Crippen LogP contribution is 2.28. The molecule has 3 aromatic rings. The predicted molar refractivity (Wildman–Crippen MR) is 116 cm³/mol. The highest BCUT2D eigenvalue weighted by Gasteiger charge is 2.27. The van der Waals surface area contributed by atoms with Gasteiger partial charge in [-0.05, 0) is 43.3 Å². The molecule has 1 fully saturated rings. The van der Waals surface area contributed by atoms with Crippen LogP contribution < -0.4 is 0 Å². The van der Waals surface area contributed by atoms with E-state index in [0.29, 0.717) is 43.5 Å². The summed E-state index contributed by atoms with van der Waals surface area (Å²) >= 11 is 1.09. The van der Waals surface area contributed by atoms with Gasteiger partial charge in [0.2, 0.25) is 10.0 Å². The minimum absolute atomic E-state index is 0.136. The van der Waals surface area contributed by atoms with Gasteiger partial charge in [-0.2, -0.15) is 4.31 Å². The second-order valence-electron chi connectivity index (χ2n) is 7.14. The third-order valence-electron chi connectivity index (χ3n) is 5.17. The van der Waals surface area contributed by atoms with Gasteiger partial charge in [-0.1, -0.05) is 11.8 Å². The molecule has 0 atom stereocenters. The molecule has 170 valence electrons. The Morgan fingerprint density at radius 1 is 1.16 bits per heavy atom. The Hall–Kier alpha value is -2.34. The maximum atomic E-state index is 13.9. The molecule has 0 spiro atoms. The number of hydrogen-bond donors (Lipinski definition) is 0. The second kappa shape index (κ2) is 9.26. The summed E-state index contributed by atoms with van der Waals surface area (Å²) in [6, 6.07) is 7.51. The minimum Gasteiger partial charge on any atom is -0.379 e. The zero-order valence-corrected chi connectivity index (χ0v) is 18.9. The van der Waals surface area contributed by atoms with Crippen molar-refractivity contribution in [2.45, 2.75) is 23.5 Å². The fourth-order valence-corrected chi connectivity index (χ4v) is 5.91. The van der Waals surface area contributed by atoms with Crippen molar-refractivity contribution in [1.82, 2.24) is 13.9 Å². The number of imidazole rings is 1. The number of carbonyl (C=O) groups is 1. The molecule has 1 saturated heterocycles. The van der Waals surface area contributed by atoms with Gasteiger partial charge in [0.15, 0.2) is 10.9 Å². The highest BCUT2D eigenvalue weighted by atomic mass is 32.2. The van der Waals surface area contributed by atoms with Crippen LogP contribution in [0.4, 0.5) is 8.78 Å². The number of ether oxygens (including phenoxy) is 1. The Morgan fingerprint density at radius 3 is 2.62 bits per heavy atom. The average molecular weight is 482 g/mol. The molecular weight excluding hydrogens is 460 g/mol. The van der Waals surface area contributed by atoms with Crippen LogP contribution in [0, 0.1) is 11.6 Å². The molecule has 1 aliphatic rings. The molecule has 2 aromatic carbocycles. The molecule has 0 N–H and O–H groups in total. The van der Waals surface area contributed by atoms with E-state index in [9.17, 15) is 22.0 Å². The number of rotatable bonds is 7. The van der Waals surface area contributed by atoms with Crippen molar-refractivity contribution in [1.29, 1.82) is 0 Å². The molecule has 0 saturated carbocycles. The molecule has 1 aliphatic heterocycles. The van der Waals surface area contributed by atoms with Crippen molar-refractivity contribution < 1.29 is 26.7 Å². The van der Waals surface area contributed by atoms with Crippen LogP contribution in [-0.2, 0) is 21.3 Å². The van der Waals surface area contributed by atoms with E-state index >= 15 is 0 Å². The lowest BCUT2D eigenvalue weighted by Crippen LogP contribution is -2.40. The zero-order valence-electron chi connectivity index (χ0n) is 17.3. The summed E-state index contributed by atoms with van der Waals surface area (Å²) in [5.41, 5.74) is 0.893. The third kappa shape index (κ3) is 4.42. The first-order valence-corrected chi connectivity index (χ1v) is 12.4. The number of morpholine rings is 1. The summed E-state index contributed by atoms with van der Waals surface area (Å²) in [5, 5.41) is 0.494. The standard InChI is InChI=1S/C21H21F2N3O4S2/c1-2-26-19-6-4-15(32(28,29)25-7-9-30-10-8-25)12-18(19)24-21(26)31-13-20(27)16-11-14(22)3-5-17(16)23/h3-6,11-12H,2,7-10,13H2,1H3. The zero-order chi connectivity index (χ0) is 22.9. The molecule has 1 aromatic heterocycles. The van der Waals surface area contributed by atoms with Crippen molar-refractivity contribution >= 4 is 38.6 Å². The molecular formula is C21H21F2N3O4S2. The molecule has 4 rings (SSSR count). The van der Waals surface area contributed by atoms with Gasteiger partial charge < -0.3 is 9.30 Å². The van der Waals surface area contributed by atoms with Crippen molar-refractivity contribution in [3.63, 3.8) is 0 Å². The average Bonchev–Trinajstić information content (AvgIpc) is 3.16. The van der Waals surface area contributed by atoms with Gasteiger partial charge >= 0.3 is 0 Å². The normalized spacial score (nSPS) is 15.3. The second-order valence-corrected chi connectivity index (χ2v) is 10.0. The maximum Gasteiger partial charge on any atom is 0.243 e. The van der Waals surface area contributed by atoms with E-state index < -0.39 is 27.4 Å². The summed E-state index contributed by atoms with van der Waals surface area (Å²) < 4.78 is 61.6. The van der Waals surface area contributed by atoms with E-state index in [2.05, 4.69) is 4.98 Å². The van der Waals surface area contributed by atoms with E-state index in [-0.39, 0.29) is 16.2 Å². The largest absolute Gasteiger partial charge is 0.379 e. The highest BCUT2D eigenvalue weighted by molar-refractivity contribution is 7.99. The lowest BCUT2D eigenvalue weighted by Gasteiger charge is -2.26. The number of carbonyl (C=O) groups excluding carboxylic acids is 1. The van der Waals surface area contributed by atoms with Crippen LogP contribution in [-0.4, -0.2) is 60.1 Å². The minimum atomic E-state index is -3.67. The summed E-state index contributed by atoms with van der Waals surface area (Å²) in [5.74, 6) is -2.16. The number of thioether (sulfide) groups is 1. The number of aromatic nitrogens is 2. The van der Waals surface area contributed by atoms with Crippen molar-refractivity contribution in [2.24, 2.45) is 0 Å². The van der Waals surface area contributed by atoms with Gasteiger partial charge in [-0.15, -0.1) is 0 Å². The number of hydrogen-bond acceptors (Lipinski definition) is 6. The van der Waals surface area contributed by atoms with Crippen LogP contribution in [0.15, 0.2) is 46.5 Å². The van der Waals surface area contributed by atoms with Crippen LogP contribution in [0.25, 0.3) is 11.0 Å². The topological polar surface area (TPSA) is 81.5 Å². The summed E-state index contributed by atoms with van der Waals surface area (Å²) in [7, 11) is -3.67. The molecule has 0 aliphatic carbocycles. The Morgan fingerprint density at radius 2 is 1.91 bits per heavy atom. The lowest BCUT2D eigenvalue weighted by atomic mass is 10.1. The van der Waals surface area contributed by atoms with Crippen LogP contribution in [0.2, 0.25) is 0 Å². The van der Waals surface area contributed by atoms with Crippen molar-refractivity contribution in [3.8, 4) is 0 Å². The van der Waals surface area contributed by atoms with Gasteiger partial charge in [0.05, 0.1) is 40.5 Å². The van der Waals surface area contributed by atoms with E-state index in [1.54, 1.807) is 12.1 Å². The van der Waals surface area contributed by atoms with E-state index in [1.807, 2.05) is 11.5 Å². The number of sulfonamides is 1. The number of halogens is 2. The predicted octanol–water partition coefficient (Wildman–Crippen LogP) is 3.33. The number of ketones is 1. The number of aryl methyl sites for hydroxylation is 1. The first kappa shape index (κ1) is 22.8. The number of fused-ring (bicyclic) bond motifs is 1. The summed E-state index contributed by atoms with van der Waals surface area (Å²) in [6.07, 6.45) is 0. The Balaban J connectivity index is 1.60. The molecule has 11 heteroatoms. The van der Waals surface area contributed by atoms with E-state index in [4.69, 9.17) is 4.74 Å². The smallest absolute Gasteiger partial charge is 0.243 e. The Bertz CT molecular complexity index is 1270. The van der Waals surface area contributed by atoms with Crippen LogP contribution in [0.1, 0.15) is 17.3 Å². The summed E-state index contributed by atoms with van der Waals surface area (Å²) in [4.78, 5) is 17.1. The molecule has 0 radical (unpaired) electrons. The van der Waals surface area contributed by atoms with Crippen LogP contribution in [0.3, 0.4) is 0 Å². The first-order valence-electron chi connectivity index (χ1n) is 10.0. The van der Waals surface area contributed by atoms with Gasteiger partial charge in [-0.25, -0.2) is 22.2 Å². The van der Waals surface area contributed by atoms with Crippen molar-refractivity contribution in [3.05, 3.63) is 53.6 Å². The number of Topliss-reactive ketones (excluding diaryl/α,β-unsaturated/α-hetero) is 1. The molecule has 7 nitrogen and oxygen atoms in total. The van der Waals surface area contributed by atoms with E-state index in [1.165, 1.54) is 10.4 Å². The third-order valence-corrected chi connectivity index (χ3v) is 8.04. The fourth-order valence-electron chi connectivity index (χ4n) is 3.52. The maximum absolute atomic E-state index is 13.9. The van der Waals surface area contributed by atoms with Gasteiger partial charge in [0, 0.05) is 19.6 Å². The molecule has 32 heavy (non-hydrogen) atoms. The Kier molecular flexibility index (Phi) is 6.61. The number of nitrogens with zero attached hydrogens (tertiary/aromatic N) is 3. The quantitative estimate of drug-likeness (QED) is 0.380. The Labute approximate surface area is 188 Å². The molecule has 0 bridgehead atoms. The molecule has 0 unspecified atom stereocenters. The molecule has 2 heterocycles. The van der Waals surface area contributed by atoms with Gasteiger partial charge in [0.25, 0.3) is 0 Å². The lowest BCUT2D eigenvalue weighted by molar-refractivity contribution is 0.0730. The fraction of sp³-hybridized carbons (Fsp3) is 0.333. The first-order chi connectivity index (χ1) is 15.3. The van der Waals surface area contributed by atoms with Crippen molar-refractivity contribution in [2.75, 3.05) is 32.1 Å². The van der Waals surface area contributed by atoms with Crippen LogP contribution >= 0.6 is 11.8 Å². The summed E-state index contributed by atoms with van der Waals surface area (Å²) in [6.45, 7) is 3.74. The SMILES string of the molecule is CCn1c(SCC(=O)c2cc(F)ccc2F)nc2cc(S(=O)(=O)N3CCOCC3)ccc21.